The average molecular weight is 380 g/mol. The number of hydrogen-bond donors (Lipinski definition) is 0. The third kappa shape index (κ3) is 2.80. The molecule has 0 radical (unpaired) electrons. The predicted octanol–water partition coefficient (Wildman–Crippen LogP) is 2.44. The molecule has 0 unspecified atom stereocenters. The Kier molecular flexibility index (Phi) is 3.78. The normalized spacial score (nSPS) is 15.6. The number of rotatable bonds is 5. The highest BCUT2D eigenvalue weighted by atomic mass is 32.2. The smallest absolute Gasteiger partial charge is 0.246 e. The molecule has 0 aliphatic heterocycles. The zero-order valence-corrected chi connectivity index (χ0v) is 16.4. The van der Waals surface area contributed by atoms with E-state index in [4.69, 9.17) is 0 Å². The van der Waals surface area contributed by atoms with Crippen LogP contribution in [0.4, 0.5) is 0 Å². The van der Waals surface area contributed by atoms with Gasteiger partial charge in [0.2, 0.25) is 10.0 Å². The molecule has 25 heavy (non-hydrogen) atoms. The lowest BCUT2D eigenvalue weighted by atomic mass is 10.3. The molecule has 0 amide bonds. The van der Waals surface area contributed by atoms with Crippen molar-refractivity contribution in [3.05, 3.63) is 34.4 Å². The van der Waals surface area contributed by atoms with Crippen molar-refractivity contribution in [3.8, 4) is 0 Å². The van der Waals surface area contributed by atoms with Crippen molar-refractivity contribution >= 4 is 26.3 Å². The highest BCUT2D eigenvalue weighted by Crippen LogP contribution is 2.42. The monoisotopic (exact) mass is 379 g/mol. The van der Waals surface area contributed by atoms with Crippen LogP contribution in [-0.4, -0.2) is 38.9 Å². The topological polar surface area (TPSA) is 72.5 Å². The van der Waals surface area contributed by atoms with Crippen LogP contribution in [0.25, 0.3) is 4.96 Å². The van der Waals surface area contributed by atoms with Crippen LogP contribution in [0, 0.1) is 13.8 Å². The lowest BCUT2D eigenvalue weighted by molar-refractivity contribution is 0.459. The third-order valence-corrected chi connectivity index (χ3v) is 7.31. The van der Waals surface area contributed by atoms with E-state index in [1.807, 2.05) is 24.4 Å². The van der Waals surface area contributed by atoms with E-state index in [1.54, 1.807) is 36.3 Å². The molecule has 0 aromatic carbocycles. The first-order chi connectivity index (χ1) is 11.8. The molecule has 0 saturated heterocycles. The van der Waals surface area contributed by atoms with E-state index in [9.17, 15) is 8.42 Å². The molecule has 1 saturated carbocycles. The van der Waals surface area contributed by atoms with Gasteiger partial charge in [-0.2, -0.15) is 9.40 Å². The molecule has 3 heterocycles. The summed E-state index contributed by atoms with van der Waals surface area (Å²) in [5.41, 5.74) is 2.47. The molecule has 4 rings (SSSR count). The average Bonchev–Trinajstić information content (AvgIpc) is 3.13. The zero-order chi connectivity index (χ0) is 17.9. The maximum atomic E-state index is 13.1. The Morgan fingerprint density at radius 3 is 2.72 bits per heavy atom. The first kappa shape index (κ1) is 16.7. The number of imidazole rings is 1. The van der Waals surface area contributed by atoms with Crippen LogP contribution in [-0.2, 0) is 23.6 Å². The summed E-state index contributed by atoms with van der Waals surface area (Å²) in [5.74, 6) is 0.280. The van der Waals surface area contributed by atoms with E-state index in [2.05, 4.69) is 10.1 Å². The molecule has 3 aromatic rings. The third-order valence-electron chi connectivity index (χ3n) is 4.59. The quantitative estimate of drug-likeness (QED) is 0.683. The molecule has 1 aliphatic carbocycles. The van der Waals surface area contributed by atoms with Gasteiger partial charge in [-0.3, -0.25) is 9.08 Å². The molecule has 7 nitrogen and oxygen atoms in total. The van der Waals surface area contributed by atoms with Crippen molar-refractivity contribution in [2.24, 2.45) is 7.05 Å². The lowest BCUT2D eigenvalue weighted by Crippen LogP contribution is -2.27. The van der Waals surface area contributed by atoms with Crippen molar-refractivity contribution in [1.29, 1.82) is 0 Å². The molecule has 134 valence electrons. The van der Waals surface area contributed by atoms with Crippen LogP contribution in [0.1, 0.15) is 40.7 Å². The summed E-state index contributed by atoms with van der Waals surface area (Å²) in [7, 11) is -0.207. The first-order valence-corrected chi connectivity index (χ1v) is 10.5. The van der Waals surface area contributed by atoms with Crippen LogP contribution in [0.15, 0.2) is 17.3 Å². The molecule has 1 aliphatic rings. The number of nitrogens with zero attached hydrogens (tertiary/aromatic N) is 5. The van der Waals surface area contributed by atoms with Gasteiger partial charge in [-0.15, -0.1) is 11.3 Å². The summed E-state index contributed by atoms with van der Waals surface area (Å²) >= 11 is 1.61. The number of aryl methyl sites for hydroxylation is 3. The highest BCUT2D eigenvalue weighted by molar-refractivity contribution is 7.89. The Labute approximate surface area is 151 Å². The summed E-state index contributed by atoms with van der Waals surface area (Å²) in [4.78, 5) is 6.93. The molecular formula is C16H21N5O2S2. The molecule has 9 heteroatoms. The fourth-order valence-corrected chi connectivity index (χ4v) is 5.36. The minimum Gasteiger partial charge on any atom is -0.293 e. The number of hydrogen-bond acceptors (Lipinski definition) is 5. The van der Waals surface area contributed by atoms with Crippen molar-refractivity contribution in [3.63, 3.8) is 0 Å². The standard InChI is InChI=1S/C16H21N5O2S2/c1-10-7-21-13(11(2)17-16(21)24-10)8-20(4)25(22,23)14-9-19(3)18-15(14)12-5-6-12/h7,9,12H,5-6,8H2,1-4H3. The largest absolute Gasteiger partial charge is 0.293 e. The second-order valence-corrected chi connectivity index (χ2v) is 9.95. The van der Waals surface area contributed by atoms with Crippen molar-refractivity contribution in [1.82, 2.24) is 23.5 Å². The van der Waals surface area contributed by atoms with Crippen molar-refractivity contribution in [2.75, 3.05) is 7.05 Å². The highest BCUT2D eigenvalue weighted by Gasteiger charge is 2.35. The van der Waals surface area contributed by atoms with Gasteiger partial charge >= 0.3 is 0 Å². The maximum absolute atomic E-state index is 13.1. The van der Waals surface area contributed by atoms with Crippen LogP contribution in [0.3, 0.4) is 0 Å². The van der Waals surface area contributed by atoms with Gasteiger partial charge < -0.3 is 0 Å². The fourth-order valence-electron chi connectivity index (χ4n) is 3.09. The Bertz CT molecular complexity index is 1060. The molecule has 3 aromatic heterocycles. The molecule has 0 N–H and O–H groups in total. The van der Waals surface area contributed by atoms with E-state index >= 15 is 0 Å². The number of aromatic nitrogens is 4. The minimum atomic E-state index is -3.60. The van der Waals surface area contributed by atoms with Crippen LogP contribution >= 0.6 is 11.3 Å². The Hall–Kier alpha value is -1.71. The van der Waals surface area contributed by atoms with Gasteiger partial charge in [0, 0.05) is 37.3 Å². The Morgan fingerprint density at radius 1 is 1.32 bits per heavy atom. The first-order valence-electron chi connectivity index (χ1n) is 8.21. The SMILES string of the molecule is Cc1cn2c(CN(C)S(=O)(=O)c3cn(C)nc3C3CC3)c(C)nc2s1. The fraction of sp³-hybridized carbons (Fsp3) is 0.500. The molecule has 1 fully saturated rings. The Morgan fingerprint density at radius 2 is 2.04 bits per heavy atom. The number of thiazole rings is 1. The summed E-state index contributed by atoms with van der Waals surface area (Å²) < 4.78 is 31.2. The second-order valence-electron chi connectivity index (χ2n) is 6.73. The van der Waals surface area contributed by atoms with E-state index in [-0.39, 0.29) is 12.5 Å². The van der Waals surface area contributed by atoms with Gasteiger partial charge in [-0.25, -0.2) is 13.4 Å². The summed E-state index contributed by atoms with van der Waals surface area (Å²) in [5, 5.41) is 4.38. The predicted molar refractivity (Wildman–Crippen MR) is 96.4 cm³/mol. The second kappa shape index (κ2) is 5.65. The van der Waals surface area contributed by atoms with Gasteiger partial charge in [0.1, 0.15) is 4.90 Å². The van der Waals surface area contributed by atoms with Gasteiger partial charge in [0.15, 0.2) is 4.96 Å². The lowest BCUT2D eigenvalue weighted by Gasteiger charge is -2.17. The van der Waals surface area contributed by atoms with Gasteiger partial charge in [0.25, 0.3) is 0 Å². The Balaban J connectivity index is 1.70. The molecular weight excluding hydrogens is 358 g/mol. The van der Waals surface area contributed by atoms with E-state index < -0.39 is 10.0 Å². The van der Waals surface area contributed by atoms with Crippen LogP contribution in [0.2, 0.25) is 0 Å². The molecule has 0 bridgehead atoms. The van der Waals surface area contributed by atoms with E-state index in [1.165, 1.54) is 4.31 Å². The van der Waals surface area contributed by atoms with Crippen molar-refractivity contribution in [2.45, 2.75) is 44.0 Å². The number of fused-ring (bicyclic) bond motifs is 1. The van der Waals surface area contributed by atoms with Gasteiger partial charge in [-0.05, 0) is 26.7 Å². The van der Waals surface area contributed by atoms with Crippen LogP contribution in [0.5, 0.6) is 0 Å². The minimum absolute atomic E-state index is 0.280. The summed E-state index contributed by atoms with van der Waals surface area (Å²) in [6.45, 7) is 4.23. The number of sulfonamides is 1. The van der Waals surface area contributed by atoms with Gasteiger partial charge in [-0.1, -0.05) is 0 Å². The summed E-state index contributed by atoms with van der Waals surface area (Å²) in [6, 6.07) is 0. The molecule has 0 spiro atoms. The summed E-state index contributed by atoms with van der Waals surface area (Å²) in [6.07, 6.45) is 5.65. The van der Waals surface area contributed by atoms with Crippen LogP contribution < -0.4 is 0 Å². The van der Waals surface area contributed by atoms with Gasteiger partial charge in [0.05, 0.1) is 23.6 Å². The van der Waals surface area contributed by atoms with E-state index in [0.29, 0.717) is 10.6 Å². The maximum Gasteiger partial charge on any atom is 0.246 e. The zero-order valence-electron chi connectivity index (χ0n) is 14.7. The molecule has 0 atom stereocenters. The van der Waals surface area contributed by atoms with E-state index in [0.717, 1.165) is 34.1 Å². The van der Waals surface area contributed by atoms with Crippen molar-refractivity contribution < 1.29 is 8.42 Å².